The predicted molar refractivity (Wildman–Crippen MR) is 169 cm³/mol. The Morgan fingerprint density at radius 2 is 1.39 bits per heavy atom. The van der Waals surface area contributed by atoms with Gasteiger partial charge in [-0.05, 0) is 55.2 Å². The summed E-state index contributed by atoms with van der Waals surface area (Å²) < 4.78 is 16.4. The highest BCUT2D eigenvalue weighted by molar-refractivity contribution is 5.87. The fourth-order valence-corrected chi connectivity index (χ4v) is 4.15. The van der Waals surface area contributed by atoms with E-state index in [0.29, 0.717) is 52.8 Å². The number of carbonyl (C=O) groups excluding carboxylic acids is 1. The number of anilines is 1. The number of azo groups is 2. The summed E-state index contributed by atoms with van der Waals surface area (Å²) in [5, 5.41) is 27.9. The Morgan fingerprint density at radius 1 is 0.886 bits per heavy atom. The van der Waals surface area contributed by atoms with Crippen LogP contribution in [0.3, 0.4) is 0 Å². The molecule has 0 unspecified atom stereocenters. The molecule has 0 aliphatic rings. The van der Waals surface area contributed by atoms with Gasteiger partial charge in [-0.3, -0.25) is 10.1 Å². The maximum absolute atomic E-state index is 12.3. The Morgan fingerprint density at radius 3 is 1.82 bits per heavy atom. The minimum absolute atomic E-state index is 0.0317. The number of non-ortho nitro benzene ring substituents is 1. The monoisotopic (exact) mass is 602 g/mol. The van der Waals surface area contributed by atoms with Crippen molar-refractivity contribution in [3.8, 4) is 11.5 Å². The molecule has 3 aromatic carbocycles. The molecule has 44 heavy (non-hydrogen) atoms. The first kappa shape index (κ1) is 33.4. The third kappa shape index (κ3) is 9.72. The van der Waals surface area contributed by atoms with Crippen LogP contribution in [0.4, 0.5) is 34.1 Å². The van der Waals surface area contributed by atoms with Crippen molar-refractivity contribution in [3.05, 3.63) is 82.9 Å². The topological polar surface area (TPSA) is 141 Å². The highest BCUT2D eigenvalue weighted by Crippen LogP contribution is 2.41. The number of rotatable bonds is 14. The molecule has 0 saturated carbocycles. The molecule has 0 spiro atoms. The molecule has 0 aliphatic heterocycles. The SMILES string of the molecule is C=C(CC(C)(C)C)C(=O)OCCN(CC)c1ccc(N=Nc2cc(OC)c(N=Nc3ccc([N+](=O)[O-])cc3)cc2OC)cc1. The van der Waals surface area contributed by atoms with Crippen molar-refractivity contribution >= 4 is 40.1 Å². The van der Waals surface area contributed by atoms with Gasteiger partial charge in [-0.25, -0.2) is 4.79 Å². The van der Waals surface area contributed by atoms with Crippen LogP contribution in [0.2, 0.25) is 0 Å². The van der Waals surface area contributed by atoms with Gasteiger partial charge in [0.2, 0.25) is 0 Å². The molecule has 0 aromatic heterocycles. The zero-order valence-corrected chi connectivity index (χ0v) is 25.9. The van der Waals surface area contributed by atoms with Gasteiger partial charge in [-0.2, -0.15) is 10.2 Å². The largest absolute Gasteiger partial charge is 0.494 e. The molecule has 0 fully saturated rings. The quantitative estimate of drug-likeness (QED) is 0.0590. The van der Waals surface area contributed by atoms with Gasteiger partial charge in [-0.1, -0.05) is 27.4 Å². The van der Waals surface area contributed by atoms with Gasteiger partial charge in [-0.15, -0.1) is 10.2 Å². The number of methoxy groups -OCH3 is 2. The van der Waals surface area contributed by atoms with Crippen molar-refractivity contribution < 1.29 is 23.9 Å². The van der Waals surface area contributed by atoms with Crippen LogP contribution in [0.15, 0.2) is 93.3 Å². The van der Waals surface area contributed by atoms with Crippen LogP contribution >= 0.6 is 0 Å². The summed E-state index contributed by atoms with van der Waals surface area (Å²) in [5.74, 6) is 0.433. The van der Waals surface area contributed by atoms with Crippen molar-refractivity contribution in [3.63, 3.8) is 0 Å². The lowest BCUT2D eigenvalue weighted by Gasteiger charge is -2.23. The molecule has 12 nitrogen and oxygen atoms in total. The van der Waals surface area contributed by atoms with E-state index >= 15 is 0 Å². The first-order valence-electron chi connectivity index (χ1n) is 14.0. The van der Waals surface area contributed by atoms with Gasteiger partial charge in [0.15, 0.2) is 0 Å². The van der Waals surface area contributed by atoms with Crippen LogP contribution in [0.5, 0.6) is 11.5 Å². The van der Waals surface area contributed by atoms with Gasteiger partial charge in [0, 0.05) is 42.1 Å². The molecule has 3 aromatic rings. The number of benzene rings is 3. The lowest BCUT2D eigenvalue weighted by atomic mass is 9.88. The molecule has 0 saturated heterocycles. The van der Waals surface area contributed by atoms with Crippen LogP contribution in [0.25, 0.3) is 0 Å². The number of esters is 1. The number of nitro groups is 1. The lowest BCUT2D eigenvalue weighted by Crippen LogP contribution is -2.28. The van der Waals surface area contributed by atoms with E-state index in [1.165, 1.54) is 38.5 Å². The second-order valence-corrected chi connectivity index (χ2v) is 10.9. The predicted octanol–water partition coefficient (Wildman–Crippen LogP) is 8.80. The first-order valence-corrected chi connectivity index (χ1v) is 14.0. The molecule has 232 valence electrons. The second-order valence-electron chi connectivity index (χ2n) is 10.9. The van der Waals surface area contributed by atoms with Crippen molar-refractivity contribution in [1.82, 2.24) is 0 Å². The zero-order valence-electron chi connectivity index (χ0n) is 25.9. The van der Waals surface area contributed by atoms with Crippen molar-refractivity contribution in [2.45, 2.75) is 34.1 Å². The second kappa shape index (κ2) is 15.4. The van der Waals surface area contributed by atoms with Crippen molar-refractivity contribution in [2.24, 2.45) is 25.9 Å². The van der Waals surface area contributed by atoms with Crippen LogP contribution in [-0.2, 0) is 9.53 Å². The fraction of sp³-hybridized carbons (Fsp3) is 0.344. The number of hydrogen-bond acceptors (Lipinski definition) is 11. The average molecular weight is 603 g/mol. The Hall–Kier alpha value is -5.13. The number of hydrogen-bond donors (Lipinski definition) is 0. The van der Waals surface area contributed by atoms with Gasteiger partial charge in [0.05, 0.1) is 37.1 Å². The third-order valence-electron chi connectivity index (χ3n) is 6.31. The molecular formula is C32H38N6O6. The molecule has 0 aliphatic carbocycles. The zero-order chi connectivity index (χ0) is 32.3. The Balaban J connectivity index is 1.67. The number of nitrogens with zero attached hydrogens (tertiary/aromatic N) is 6. The van der Waals surface area contributed by atoms with Crippen LogP contribution in [0.1, 0.15) is 34.1 Å². The third-order valence-corrected chi connectivity index (χ3v) is 6.31. The lowest BCUT2D eigenvalue weighted by molar-refractivity contribution is -0.384. The number of likely N-dealkylation sites (N-methyl/N-ethyl adjacent to an activating group) is 1. The van der Waals surface area contributed by atoms with E-state index in [4.69, 9.17) is 14.2 Å². The Bertz CT molecular complexity index is 1510. The highest BCUT2D eigenvalue weighted by Gasteiger charge is 2.18. The molecule has 0 N–H and O–H groups in total. The fourth-order valence-electron chi connectivity index (χ4n) is 4.15. The van der Waals surface area contributed by atoms with Crippen molar-refractivity contribution in [1.29, 1.82) is 0 Å². The molecule has 0 heterocycles. The van der Waals surface area contributed by atoms with E-state index < -0.39 is 4.92 Å². The molecule has 3 rings (SSSR count). The maximum Gasteiger partial charge on any atom is 0.333 e. The summed E-state index contributed by atoms with van der Waals surface area (Å²) in [6.07, 6.45) is 0.581. The van der Waals surface area contributed by atoms with E-state index in [1.54, 1.807) is 12.1 Å². The van der Waals surface area contributed by atoms with E-state index in [-0.39, 0.29) is 23.7 Å². The smallest absolute Gasteiger partial charge is 0.333 e. The van der Waals surface area contributed by atoms with Gasteiger partial charge in [0.25, 0.3) is 5.69 Å². The maximum atomic E-state index is 12.3. The van der Waals surface area contributed by atoms with Crippen molar-refractivity contribution in [2.75, 3.05) is 38.8 Å². The number of carbonyl (C=O) groups is 1. The normalized spacial score (nSPS) is 11.5. The molecular weight excluding hydrogens is 564 g/mol. The molecule has 0 bridgehead atoms. The molecule has 0 atom stereocenters. The molecule has 0 amide bonds. The van der Waals surface area contributed by atoms with Crippen LogP contribution < -0.4 is 14.4 Å². The van der Waals surface area contributed by atoms with Crippen LogP contribution in [-0.4, -0.2) is 44.8 Å². The summed E-state index contributed by atoms with van der Waals surface area (Å²) in [5.41, 5.74) is 3.24. The van der Waals surface area contributed by atoms with Crippen LogP contribution in [0, 0.1) is 15.5 Å². The summed E-state index contributed by atoms with van der Waals surface area (Å²) in [6.45, 7) is 13.6. The Labute approximate surface area is 257 Å². The van der Waals surface area contributed by atoms with Gasteiger partial charge >= 0.3 is 5.97 Å². The van der Waals surface area contributed by atoms with E-state index in [2.05, 4.69) is 52.7 Å². The summed E-state index contributed by atoms with van der Waals surface area (Å²) >= 11 is 0. The summed E-state index contributed by atoms with van der Waals surface area (Å²) in [7, 11) is 3.00. The van der Waals surface area contributed by atoms with Gasteiger partial charge < -0.3 is 19.1 Å². The minimum atomic E-state index is -0.481. The summed E-state index contributed by atoms with van der Waals surface area (Å²) in [6, 6.07) is 16.5. The standard InChI is InChI=1S/C32H38N6O6/c1-8-37(17-18-44-31(39)22(2)21-32(3,4)5)25-13-9-23(10-14-25)33-35-27-19-30(43-7)28(20-29(27)42-6)36-34-24-11-15-26(16-12-24)38(40)41/h9-16,19-20H,2,8,17-18,21H2,1,3-7H3. The number of nitro benzene ring substituents is 1. The van der Waals surface area contributed by atoms with E-state index in [9.17, 15) is 14.9 Å². The highest BCUT2D eigenvalue weighted by atomic mass is 16.6. The number of ether oxygens (including phenoxy) is 3. The molecule has 0 radical (unpaired) electrons. The molecule has 12 heteroatoms. The van der Waals surface area contributed by atoms with E-state index in [1.807, 2.05) is 31.2 Å². The summed E-state index contributed by atoms with van der Waals surface area (Å²) in [4.78, 5) is 24.8. The first-order chi connectivity index (χ1) is 20.9. The van der Waals surface area contributed by atoms with E-state index in [0.717, 1.165) is 12.2 Å². The van der Waals surface area contributed by atoms with Gasteiger partial charge in [0.1, 0.15) is 29.5 Å². The Kier molecular flexibility index (Phi) is 11.7. The minimum Gasteiger partial charge on any atom is -0.494 e. The average Bonchev–Trinajstić information content (AvgIpc) is 3.00.